The van der Waals surface area contributed by atoms with Crippen LogP contribution in [-0.4, -0.2) is 29.3 Å². The minimum Gasteiger partial charge on any atom is -0.381 e. The maximum absolute atomic E-state index is 5.48. The van der Waals surface area contributed by atoms with Crippen molar-refractivity contribution in [1.82, 2.24) is 14.9 Å². The molecule has 2 aliphatic rings. The number of rotatable bonds is 3. The molecule has 0 spiro atoms. The lowest BCUT2D eigenvalue weighted by Crippen LogP contribution is -2.32. The van der Waals surface area contributed by atoms with E-state index in [4.69, 9.17) is 4.74 Å². The Labute approximate surface area is 109 Å². The van der Waals surface area contributed by atoms with Gasteiger partial charge < -0.3 is 14.6 Å². The first-order valence-electron chi connectivity index (χ1n) is 7.08. The van der Waals surface area contributed by atoms with Crippen LogP contribution in [0.2, 0.25) is 0 Å². The quantitative estimate of drug-likeness (QED) is 0.892. The number of nitrogens with one attached hydrogen (secondary N) is 1. The molecule has 0 bridgehead atoms. The average molecular weight is 249 g/mol. The van der Waals surface area contributed by atoms with Crippen LogP contribution in [0, 0.1) is 5.41 Å². The van der Waals surface area contributed by atoms with Gasteiger partial charge in [0.15, 0.2) is 0 Å². The van der Waals surface area contributed by atoms with Gasteiger partial charge in [-0.15, -0.1) is 0 Å². The van der Waals surface area contributed by atoms with Gasteiger partial charge in [0.05, 0.1) is 12.0 Å². The van der Waals surface area contributed by atoms with Gasteiger partial charge in [0.1, 0.15) is 0 Å². The Morgan fingerprint density at radius 1 is 1.50 bits per heavy atom. The van der Waals surface area contributed by atoms with Crippen molar-refractivity contribution >= 4 is 0 Å². The Kier molecular flexibility index (Phi) is 3.39. The molecule has 4 nitrogen and oxygen atoms in total. The van der Waals surface area contributed by atoms with Gasteiger partial charge in [-0.2, -0.15) is 0 Å². The summed E-state index contributed by atoms with van der Waals surface area (Å²) in [5.41, 5.74) is 1.73. The van der Waals surface area contributed by atoms with E-state index >= 15 is 0 Å². The Balaban J connectivity index is 1.74. The van der Waals surface area contributed by atoms with Gasteiger partial charge in [-0.25, -0.2) is 4.98 Å². The molecule has 1 N–H and O–H groups in total. The summed E-state index contributed by atoms with van der Waals surface area (Å²) in [6.07, 6.45) is 8.86. The zero-order valence-electron chi connectivity index (χ0n) is 11.2. The molecule has 3 rings (SSSR count). The highest BCUT2D eigenvalue weighted by Gasteiger charge is 2.29. The van der Waals surface area contributed by atoms with Crippen molar-refractivity contribution < 1.29 is 4.74 Å². The Hall–Kier alpha value is -0.870. The normalized spacial score (nSPS) is 27.5. The fraction of sp³-hybridized carbons (Fsp3) is 0.786. The van der Waals surface area contributed by atoms with Crippen LogP contribution >= 0.6 is 0 Å². The molecule has 0 radical (unpaired) electrons. The van der Waals surface area contributed by atoms with Gasteiger partial charge >= 0.3 is 0 Å². The van der Waals surface area contributed by atoms with E-state index in [1.165, 1.54) is 18.5 Å². The van der Waals surface area contributed by atoms with Crippen LogP contribution in [0.1, 0.15) is 44.3 Å². The molecule has 0 unspecified atom stereocenters. The number of nitrogens with zero attached hydrogens (tertiary/aromatic N) is 2. The zero-order valence-corrected chi connectivity index (χ0v) is 11.2. The molecule has 3 heterocycles. The van der Waals surface area contributed by atoms with E-state index in [9.17, 15) is 0 Å². The largest absolute Gasteiger partial charge is 0.381 e. The number of hydrogen-bond acceptors (Lipinski definition) is 3. The molecule has 1 aromatic heterocycles. The van der Waals surface area contributed by atoms with E-state index in [1.807, 2.05) is 12.5 Å². The first-order chi connectivity index (χ1) is 8.77. The molecular formula is C14H23N3O. The third-order valence-electron chi connectivity index (χ3n) is 4.41. The highest BCUT2D eigenvalue weighted by molar-refractivity contribution is 5.07. The fourth-order valence-electron chi connectivity index (χ4n) is 3.12. The van der Waals surface area contributed by atoms with E-state index in [0.717, 1.165) is 39.1 Å². The second-order valence-corrected chi connectivity index (χ2v) is 6.02. The zero-order chi connectivity index (χ0) is 12.4. The number of aromatic nitrogens is 2. The molecule has 0 aromatic carbocycles. The minimum atomic E-state index is 0.367. The van der Waals surface area contributed by atoms with Crippen LogP contribution in [0.4, 0.5) is 0 Å². The third kappa shape index (κ3) is 2.45. The van der Waals surface area contributed by atoms with E-state index in [1.54, 1.807) is 0 Å². The highest BCUT2D eigenvalue weighted by atomic mass is 16.5. The van der Waals surface area contributed by atoms with Crippen LogP contribution in [0.15, 0.2) is 12.5 Å². The van der Waals surface area contributed by atoms with Crippen LogP contribution in [0.5, 0.6) is 0 Å². The standard InChI is InChI=1S/C14H23N3O/c1-14(4-7-18-8-5-14)10-17-11-15-9-13(17)12-3-2-6-16-12/h9,11-12,16H,2-8,10H2,1H3/t12-/m0/s1. The maximum Gasteiger partial charge on any atom is 0.0948 e. The predicted molar refractivity (Wildman–Crippen MR) is 70.4 cm³/mol. The highest BCUT2D eigenvalue weighted by Crippen LogP contribution is 2.33. The lowest BCUT2D eigenvalue weighted by molar-refractivity contribution is 0.0150. The molecule has 4 heteroatoms. The summed E-state index contributed by atoms with van der Waals surface area (Å²) in [4.78, 5) is 4.36. The SMILES string of the molecule is CC1(Cn2cncc2[C@@H]2CCCN2)CCOCC1. The second kappa shape index (κ2) is 5.02. The monoisotopic (exact) mass is 249 g/mol. The first kappa shape index (κ1) is 12.2. The molecule has 0 saturated carbocycles. The van der Waals surface area contributed by atoms with Gasteiger partial charge in [-0.3, -0.25) is 0 Å². The second-order valence-electron chi connectivity index (χ2n) is 6.02. The molecule has 0 aliphatic carbocycles. The summed E-state index contributed by atoms with van der Waals surface area (Å²) in [5.74, 6) is 0. The maximum atomic E-state index is 5.48. The predicted octanol–water partition coefficient (Wildman–Crippen LogP) is 2.12. The smallest absolute Gasteiger partial charge is 0.0948 e. The average Bonchev–Trinajstić information content (AvgIpc) is 2.99. The van der Waals surface area contributed by atoms with Crippen molar-refractivity contribution in [2.75, 3.05) is 19.8 Å². The molecule has 0 amide bonds. The number of imidazole rings is 1. The van der Waals surface area contributed by atoms with E-state index in [0.29, 0.717) is 11.5 Å². The van der Waals surface area contributed by atoms with E-state index < -0.39 is 0 Å². The van der Waals surface area contributed by atoms with Gasteiger partial charge in [0.25, 0.3) is 0 Å². The van der Waals surface area contributed by atoms with E-state index in [-0.39, 0.29) is 0 Å². The molecule has 2 fully saturated rings. The summed E-state index contributed by atoms with van der Waals surface area (Å²) in [7, 11) is 0. The summed E-state index contributed by atoms with van der Waals surface area (Å²) >= 11 is 0. The minimum absolute atomic E-state index is 0.367. The molecule has 2 aliphatic heterocycles. The number of ether oxygens (including phenoxy) is 1. The van der Waals surface area contributed by atoms with Crippen LogP contribution in [0.25, 0.3) is 0 Å². The molecule has 1 atom stereocenters. The van der Waals surface area contributed by atoms with Crippen molar-refractivity contribution in [3.8, 4) is 0 Å². The summed E-state index contributed by atoms with van der Waals surface area (Å²) < 4.78 is 7.83. The molecule has 18 heavy (non-hydrogen) atoms. The lowest BCUT2D eigenvalue weighted by atomic mass is 9.82. The van der Waals surface area contributed by atoms with Crippen molar-refractivity contribution in [2.45, 2.75) is 45.2 Å². The summed E-state index contributed by atoms with van der Waals surface area (Å²) in [6, 6.07) is 0.510. The summed E-state index contributed by atoms with van der Waals surface area (Å²) in [6.45, 7) is 6.40. The topological polar surface area (TPSA) is 39.1 Å². The van der Waals surface area contributed by atoms with Crippen molar-refractivity contribution in [1.29, 1.82) is 0 Å². The van der Waals surface area contributed by atoms with E-state index in [2.05, 4.69) is 21.8 Å². The van der Waals surface area contributed by atoms with Crippen LogP contribution in [0.3, 0.4) is 0 Å². The van der Waals surface area contributed by atoms with Gasteiger partial charge in [0, 0.05) is 32.0 Å². The molecule has 2 saturated heterocycles. The summed E-state index contributed by atoms with van der Waals surface area (Å²) in [5, 5.41) is 3.56. The Bertz CT molecular complexity index is 389. The van der Waals surface area contributed by atoms with Crippen molar-refractivity contribution in [2.24, 2.45) is 5.41 Å². The number of hydrogen-bond donors (Lipinski definition) is 1. The van der Waals surface area contributed by atoms with Crippen LogP contribution < -0.4 is 5.32 Å². The molecule has 1 aromatic rings. The van der Waals surface area contributed by atoms with Gasteiger partial charge in [0.2, 0.25) is 0 Å². The lowest BCUT2D eigenvalue weighted by Gasteiger charge is -2.34. The fourth-order valence-corrected chi connectivity index (χ4v) is 3.12. The Morgan fingerprint density at radius 2 is 2.33 bits per heavy atom. The van der Waals surface area contributed by atoms with Gasteiger partial charge in [-0.05, 0) is 37.6 Å². The molecule has 100 valence electrons. The Morgan fingerprint density at radius 3 is 3.06 bits per heavy atom. The third-order valence-corrected chi connectivity index (χ3v) is 4.41. The molecular weight excluding hydrogens is 226 g/mol. The van der Waals surface area contributed by atoms with Crippen LogP contribution in [-0.2, 0) is 11.3 Å². The first-order valence-corrected chi connectivity index (χ1v) is 7.08. The van der Waals surface area contributed by atoms with Crippen molar-refractivity contribution in [3.63, 3.8) is 0 Å². The van der Waals surface area contributed by atoms with Gasteiger partial charge in [-0.1, -0.05) is 6.92 Å². The van der Waals surface area contributed by atoms with Crippen molar-refractivity contribution in [3.05, 3.63) is 18.2 Å².